The van der Waals surface area contributed by atoms with Crippen LogP contribution in [0.2, 0.25) is 0 Å². The predicted molar refractivity (Wildman–Crippen MR) is 61.0 cm³/mol. The zero-order chi connectivity index (χ0) is 12.4. The van der Waals surface area contributed by atoms with Gasteiger partial charge in [0.05, 0.1) is 0 Å². The first-order valence-electron chi connectivity index (χ1n) is 5.34. The van der Waals surface area contributed by atoms with Gasteiger partial charge in [-0.05, 0) is 19.1 Å². The van der Waals surface area contributed by atoms with E-state index in [1.54, 1.807) is 17.9 Å². The van der Waals surface area contributed by atoms with Crippen LogP contribution >= 0.6 is 0 Å². The maximum absolute atomic E-state index is 11.5. The minimum Gasteiger partial charge on any atom is -0.478 e. The molecule has 0 radical (unpaired) electrons. The Hall–Kier alpha value is -2.11. The number of pyridine rings is 1. The zero-order valence-corrected chi connectivity index (χ0v) is 9.38. The summed E-state index contributed by atoms with van der Waals surface area (Å²) >= 11 is 0. The average molecular weight is 235 g/mol. The van der Waals surface area contributed by atoms with Crippen LogP contribution in [0.25, 0.3) is 0 Å². The molecule has 0 spiro atoms. The predicted octanol–water partition coefficient (Wildman–Crippen LogP) is 0.104. The third kappa shape index (κ3) is 2.06. The normalized spacial score (nSPS) is 19.9. The molecular weight excluding hydrogens is 222 g/mol. The standard InChI is InChI=1S/C11H13N3O3/c1-7-10(15)13-5-6-14(7)9-8(11(16)17)3-2-4-12-9/h2-4,7H,5-6H2,1H3,(H,13,15)(H,16,17)/t7-/m0/s1. The van der Waals surface area contributed by atoms with E-state index in [2.05, 4.69) is 10.3 Å². The van der Waals surface area contributed by atoms with Gasteiger partial charge in [0.2, 0.25) is 5.91 Å². The number of carboxylic acids is 1. The molecule has 0 saturated carbocycles. The number of hydrogen-bond donors (Lipinski definition) is 2. The van der Waals surface area contributed by atoms with Crippen molar-refractivity contribution in [2.45, 2.75) is 13.0 Å². The fourth-order valence-corrected chi connectivity index (χ4v) is 1.86. The molecule has 6 nitrogen and oxygen atoms in total. The molecule has 2 N–H and O–H groups in total. The lowest BCUT2D eigenvalue weighted by Crippen LogP contribution is -2.54. The maximum Gasteiger partial charge on any atom is 0.339 e. The summed E-state index contributed by atoms with van der Waals surface area (Å²) in [4.78, 5) is 28.4. The van der Waals surface area contributed by atoms with Gasteiger partial charge in [-0.1, -0.05) is 0 Å². The fraction of sp³-hybridized carbons (Fsp3) is 0.364. The van der Waals surface area contributed by atoms with E-state index in [9.17, 15) is 9.59 Å². The second kappa shape index (κ2) is 4.40. The van der Waals surface area contributed by atoms with Crippen LogP contribution in [0.4, 0.5) is 5.82 Å². The van der Waals surface area contributed by atoms with Crippen molar-refractivity contribution >= 4 is 17.7 Å². The number of nitrogens with zero attached hydrogens (tertiary/aromatic N) is 2. The number of nitrogens with one attached hydrogen (secondary N) is 1. The van der Waals surface area contributed by atoms with E-state index in [0.717, 1.165) is 0 Å². The van der Waals surface area contributed by atoms with Crippen molar-refractivity contribution in [3.8, 4) is 0 Å². The van der Waals surface area contributed by atoms with Gasteiger partial charge in [-0.3, -0.25) is 4.79 Å². The highest BCUT2D eigenvalue weighted by Crippen LogP contribution is 2.20. The van der Waals surface area contributed by atoms with Crippen molar-refractivity contribution in [2.24, 2.45) is 0 Å². The average Bonchev–Trinajstić information content (AvgIpc) is 2.33. The highest BCUT2D eigenvalue weighted by molar-refractivity contribution is 5.95. The molecule has 1 aromatic heterocycles. The number of carboxylic acid groups (broad SMARTS) is 1. The second-order valence-electron chi connectivity index (χ2n) is 3.84. The van der Waals surface area contributed by atoms with Crippen molar-refractivity contribution in [1.82, 2.24) is 10.3 Å². The summed E-state index contributed by atoms with van der Waals surface area (Å²) in [6.07, 6.45) is 1.53. The summed E-state index contributed by atoms with van der Waals surface area (Å²) in [5.74, 6) is -0.799. The second-order valence-corrected chi connectivity index (χ2v) is 3.84. The van der Waals surface area contributed by atoms with E-state index >= 15 is 0 Å². The number of anilines is 1. The highest BCUT2D eigenvalue weighted by atomic mass is 16.4. The van der Waals surface area contributed by atoms with Crippen molar-refractivity contribution in [2.75, 3.05) is 18.0 Å². The van der Waals surface area contributed by atoms with Crippen LogP contribution in [0.5, 0.6) is 0 Å². The third-order valence-corrected chi connectivity index (χ3v) is 2.79. The summed E-state index contributed by atoms with van der Waals surface area (Å²) in [5, 5.41) is 11.8. The van der Waals surface area contributed by atoms with E-state index in [4.69, 9.17) is 5.11 Å². The van der Waals surface area contributed by atoms with Crippen LogP contribution in [0.3, 0.4) is 0 Å². The van der Waals surface area contributed by atoms with Gasteiger partial charge in [0, 0.05) is 19.3 Å². The molecule has 0 bridgehead atoms. The van der Waals surface area contributed by atoms with Crippen LogP contribution in [0, 0.1) is 0 Å². The van der Waals surface area contributed by atoms with Gasteiger partial charge in [-0.25, -0.2) is 9.78 Å². The number of aromatic carboxylic acids is 1. The van der Waals surface area contributed by atoms with Gasteiger partial charge in [0.1, 0.15) is 17.4 Å². The van der Waals surface area contributed by atoms with Crippen LogP contribution in [-0.4, -0.2) is 41.1 Å². The molecule has 90 valence electrons. The molecule has 1 saturated heterocycles. The van der Waals surface area contributed by atoms with Gasteiger partial charge in [-0.15, -0.1) is 0 Å². The van der Waals surface area contributed by atoms with Gasteiger partial charge in [0.25, 0.3) is 0 Å². The molecule has 0 unspecified atom stereocenters. The number of amides is 1. The Morgan fingerprint density at radius 2 is 2.41 bits per heavy atom. The number of aromatic nitrogens is 1. The highest BCUT2D eigenvalue weighted by Gasteiger charge is 2.29. The summed E-state index contributed by atoms with van der Waals surface area (Å²) < 4.78 is 0. The van der Waals surface area contributed by atoms with Crippen LogP contribution in [0.15, 0.2) is 18.3 Å². The molecule has 1 aromatic rings. The smallest absolute Gasteiger partial charge is 0.339 e. The molecule has 0 aliphatic carbocycles. The van der Waals surface area contributed by atoms with Crippen molar-refractivity contribution in [1.29, 1.82) is 0 Å². The van der Waals surface area contributed by atoms with Crippen LogP contribution in [-0.2, 0) is 4.79 Å². The van der Waals surface area contributed by atoms with Gasteiger partial charge in [-0.2, -0.15) is 0 Å². The van der Waals surface area contributed by atoms with E-state index in [1.807, 2.05) is 0 Å². The van der Waals surface area contributed by atoms with Gasteiger partial charge < -0.3 is 15.3 Å². The minimum atomic E-state index is -1.04. The third-order valence-electron chi connectivity index (χ3n) is 2.79. The molecule has 6 heteroatoms. The molecular formula is C11H13N3O3. The molecule has 1 fully saturated rings. The Bertz CT molecular complexity index is 461. The van der Waals surface area contributed by atoms with Crippen molar-refractivity contribution in [3.63, 3.8) is 0 Å². The first kappa shape index (κ1) is 11.4. The van der Waals surface area contributed by atoms with E-state index < -0.39 is 12.0 Å². The quantitative estimate of drug-likeness (QED) is 0.760. The lowest BCUT2D eigenvalue weighted by molar-refractivity contribution is -0.122. The lowest BCUT2D eigenvalue weighted by Gasteiger charge is -2.34. The van der Waals surface area contributed by atoms with Crippen LogP contribution < -0.4 is 10.2 Å². The molecule has 1 aliphatic rings. The Balaban J connectivity index is 2.39. The Morgan fingerprint density at radius 1 is 1.65 bits per heavy atom. The molecule has 0 aromatic carbocycles. The molecule has 17 heavy (non-hydrogen) atoms. The molecule has 1 amide bonds. The first-order valence-corrected chi connectivity index (χ1v) is 5.34. The molecule has 1 atom stereocenters. The van der Waals surface area contributed by atoms with E-state index in [0.29, 0.717) is 18.9 Å². The van der Waals surface area contributed by atoms with E-state index in [-0.39, 0.29) is 11.5 Å². The lowest BCUT2D eigenvalue weighted by atomic mass is 10.1. The largest absolute Gasteiger partial charge is 0.478 e. The summed E-state index contributed by atoms with van der Waals surface area (Å²) in [6.45, 7) is 2.79. The SMILES string of the molecule is C[C@H]1C(=O)NCCN1c1ncccc1C(=O)O. The van der Waals surface area contributed by atoms with Crippen LogP contribution in [0.1, 0.15) is 17.3 Å². The van der Waals surface area contributed by atoms with E-state index in [1.165, 1.54) is 12.3 Å². The summed E-state index contributed by atoms with van der Waals surface area (Å²) in [6, 6.07) is 2.66. The number of piperazine rings is 1. The Labute approximate surface area is 98.3 Å². The molecule has 1 aliphatic heterocycles. The number of hydrogen-bond acceptors (Lipinski definition) is 4. The first-order chi connectivity index (χ1) is 8.11. The monoisotopic (exact) mass is 235 g/mol. The number of carbonyl (C=O) groups is 2. The van der Waals surface area contributed by atoms with Gasteiger partial charge in [0.15, 0.2) is 0 Å². The topological polar surface area (TPSA) is 82.5 Å². The Kier molecular flexibility index (Phi) is 2.95. The van der Waals surface area contributed by atoms with Crippen molar-refractivity contribution < 1.29 is 14.7 Å². The molecule has 2 heterocycles. The van der Waals surface area contributed by atoms with Crippen molar-refractivity contribution in [3.05, 3.63) is 23.9 Å². The fourth-order valence-electron chi connectivity index (χ4n) is 1.86. The number of carbonyl (C=O) groups excluding carboxylic acids is 1. The summed E-state index contributed by atoms with van der Waals surface area (Å²) in [7, 11) is 0. The molecule has 2 rings (SSSR count). The maximum atomic E-state index is 11.5. The number of rotatable bonds is 2. The minimum absolute atomic E-state index is 0.113. The Morgan fingerprint density at radius 3 is 3.12 bits per heavy atom. The van der Waals surface area contributed by atoms with Gasteiger partial charge >= 0.3 is 5.97 Å². The zero-order valence-electron chi connectivity index (χ0n) is 9.38. The summed E-state index contributed by atoms with van der Waals surface area (Å²) in [5.41, 5.74) is 0.119.